The smallest absolute Gasteiger partial charge is 0.221 e. The Kier molecular flexibility index (Phi) is 5.85. The van der Waals surface area contributed by atoms with Gasteiger partial charge in [-0.25, -0.2) is 4.39 Å². The first-order valence-electron chi connectivity index (χ1n) is 9.69. The van der Waals surface area contributed by atoms with E-state index in [0.717, 1.165) is 31.4 Å². The summed E-state index contributed by atoms with van der Waals surface area (Å²) in [5, 5.41) is 9.90. The van der Waals surface area contributed by atoms with Crippen molar-refractivity contribution in [3.05, 3.63) is 47.0 Å². The van der Waals surface area contributed by atoms with Crippen LogP contribution in [-0.2, 0) is 0 Å². The van der Waals surface area contributed by atoms with Crippen LogP contribution in [0.5, 0.6) is 0 Å². The molecule has 0 saturated carbocycles. The number of carbonyl (C=O) groups excluding carboxylic acids is 1. The van der Waals surface area contributed by atoms with Gasteiger partial charge in [0.2, 0.25) is 5.78 Å². The maximum atomic E-state index is 14.8. The van der Waals surface area contributed by atoms with Gasteiger partial charge in [0.1, 0.15) is 17.5 Å². The number of nitriles is 1. The van der Waals surface area contributed by atoms with Crippen LogP contribution in [0.2, 0.25) is 0 Å². The standard InChI is InChI=1S/C22H27FN4O/c1-14(2)27-7-5-15(6-8-27)18-11-20-16(9-19(18)23)10-21(25-20)22(28)17(12-24)13-26(3)4/h9-11,13-15,25H,5-8H2,1-4H3/b17-13+. The van der Waals surface area contributed by atoms with E-state index in [-0.39, 0.29) is 23.1 Å². The third-order valence-corrected chi connectivity index (χ3v) is 5.43. The largest absolute Gasteiger partial charge is 0.382 e. The zero-order valence-electron chi connectivity index (χ0n) is 16.9. The van der Waals surface area contributed by atoms with Gasteiger partial charge in [-0.1, -0.05) is 0 Å². The number of likely N-dealkylation sites (tertiary alicyclic amines) is 1. The minimum atomic E-state index is -0.389. The Morgan fingerprint density at radius 2 is 2.00 bits per heavy atom. The molecule has 1 aliphatic rings. The van der Waals surface area contributed by atoms with Crippen LogP contribution < -0.4 is 0 Å². The highest BCUT2D eigenvalue weighted by Crippen LogP contribution is 2.33. The third kappa shape index (κ3) is 4.10. The number of aromatic amines is 1. The minimum Gasteiger partial charge on any atom is -0.382 e. The van der Waals surface area contributed by atoms with Gasteiger partial charge in [-0.05, 0) is 69.5 Å². The molecule has 1 fully saturated rings. The Morgan fingerprint density at radius 3 is 2.57 bits per heavy atom. The van der Waals surface area contributed by atoms with E-state index in [4.69, 9.17) is 0 Å². The van der Waals surface area contributed by atoms with Crippen LogP contribution in [0.15, 0.2) is 30.0 Å². The number of aromatic nitrogens is 1. The van der Waals surface area contributed by atoms with Gasteiger partial charge in [0.15, 0.2) is 0 Å². The second-order valence-electron chi connectivity index (χ2n) is 8.00. The average molecular weight is 382 g/mol. The summed E-state index contributed by atoms with van der Waals surface area (Å²) in [6.45, 7) is 6.31. The molecule has 1 aromatic heterocycles. The lowest BCUT2D eigenvalue weighted by Crippen LogP contribution is -2.38. The first-order valence-corrected chi connectivity index (χ1v) is 9.69. The number of carbonyl (C=O) groups is 1. The SMILES string of the molecule is CC(C)N1CCC(c2cc3[nH]c(C(=O)/C(C#N)=C/N(C)C)cc3cc2F)CC1. The molecular weight excluding hydrogens is 355 g/mol. The summed E-state index contributed by atoms with van der Waals surface area (Å²) in [7, 11) is 3.50. The molecule has 2 aromatic rings. The van der Waals surface area contributed by atoms with Crippen molar-refractivity contribution in [2.45, 2.75) is 38.6 Å². The fourth-order valence-corrected chi connectivity index (χ4v) is 3.87. The molecule has 0 spiro atoms. The zero-order chi connectivity index (χ0) is 20.4. The molecule has 148 valence electrons. The van der Waals surface area contributed by atoms with Crippen LogP contribution in [0.4, 0.5) is 4.39 Å². The molecule has 1 saturated heterocycles. The Balaban J connectivity index is 1.88. The Labute approximate surface area is 165 Å². The number of allylic oxidation sites excluding steroid dienone is 1. The molecule has 28 heavy (non-hydrogen) atoms. The molecule has 0 radical (unpaired) electrons. The normalized spacial score (nSPS) is 16.5. The van der Waals surface area contributed by atoms with Gasteiger partial charge in [-0.2, -0.15) is 5.26 Å². The summed E-state index contributed by atoms with van der Waals surface area (Å²) < 4.78 is 14.8. The van der Waals surface area contributed by atoms with Gasteiger partial charge < -0.3 is 14.8 Å². The minimum absolute atomic E-state index is 0.0401. The fraction of sp³-hybridized carbons (Fsp3) is 0.455. The van der Waals surface area contributed by atoms with Crippen LogP contribution in [0.3, 0.4) is 0 Å². The molecule has 0 amide bonds. The molecule has 1 aliphatic heterocycles. The van der Waals surface area contributed by atoms with Crippen LogP contribution >= 0.6 is 0 Å². The number of nitrogens with one attached hydrogen (secondary N) is 1. The summed E-state index contributed by atoms with van der Waals surface area (Å²) in [5.74, 6) is -0.428. The number of hydrogen-bond donors (Lipinski definition) is 1. The third-order valence-electron chi connectivity index (χ3n) is 5.43. The second kappa shape index (κ2) is 8.15. The zero-order valence-corrected chi connectivity index (χ0v) is 16.9. The number of hydrogen-bond acceptors (Lipinski definition) is 4. The number of ketones is 1. The molecule has 0 bridgehead atoms. The number of nitrogens with zero attached hydrogens (tertiary/aromatic N) is 3. The average Bonchev–Trinajstić information content (AvgIpc) is 3.07. The maximum absolute atomic E-state index is 14.8. The molecule has 0 unspecified atom stereocenters. The van der Waals surface area contributed by atoms with Crippen molar-refractivity contribution >= 4 is 16.7 Å². The van der Waals surface area contributed by atoms with Crippen molar-refractivity contribution in [3.63, 3.8) is 0 Å². The molecule has 2 heterocycles. The number of fused-ring (bicyclic) bond motifs is 1. The Hall–Kier alpha value is -2.65. The monoisotopic (exact) mass is 382 g/mol. The van der Waals surface area contributed by atoms with Crippen LogP contribution in [0, 0.1) is 17.1 Å². The lowest BCUT2D eigenvalue weighted by Gasteiger charge is -2.34. The summed E-state index contributed by atoms with van der Waals surface area (Å²) >= 11 is 0. The van der Waals surface area contributed by atoms with Crippen molar-refractivity contribution in [1.29, 1.82) is 5.26 Å². The number of piperidine rings is 1. The van der Waals surface area contributed by atoms with E-state index >= 15 is 0 Å². The van der Waals surface area contributed by atoms with E-state index in [1.807, 2.05) is 12.1 Å². The van der Waals surface area contributed by atoms with E-state index in [0.29, 0.717) is 22.7 Å². The van der Waals surface area contributed by atoms with Crippen LogP contribution in [-0.4, -0.2) is 53.8 Å². The summed E-state index contributed by atoms with van der Waals surface area (Å²) in [5.41, 5.74) is 1.78. The molecule has 0 aliphatic carbocycles. The molecule has 0 atom stereocenters. The van der Waals surface area contributed by atoms with Gasteiger partial charge in [0, 0.05) is 37.2 Å². The van der Waals surface area contributed by atoms with Gasteiger partial charge in [-0.15, -0.1) is 0 Å². The van der Waals surface area contributed by atoms with Crippen molar-refractivity contribution < 1.29 is 9.18 Å². The topological polar surface area (TPSA) is 63.1 Å². The molecular formula is C22H27FN4O. The van der Waals surface area contributed by atoms with Crippen LogP contribution in [0.25, 0.3) is 10.9 Å². The molecule has 1 aromatic carbocycles. The van der Waals surface area contributed by atoms with E-state index in [1.165, 1.54) is 12.3 Å². The highest BCUT2D eigenvalue weighted by Gasteiger charge is 2.25. The first-order chi connectivity index (χ1) is 13.3. The highest BCUT2D eigenvalue weighted by molar-refractivity contribution is 6.12. The van der Waals surface area contributed by atoms with Gasteiger partial charge >= 0.3 is 0 Å². The number of Topliss-reactive ketones (excluding diaryl/α,β-unsaturated/α-hetero) is 1. The second-order valence-corrected chi connectivity index (χ2v) is 8.00. The van der Waals surface area contributed by atoms with Crippen molar-refractivity contribution in [1.82, 2.24) is 14.8 Å². The lowest BCUT2D eigenvalue weighted by atomic mass is 9.88. The van der Waals surface area contributed by atoms with E-state index in [1.54, 1.807) is 25.1 Å². The number of rotatable bonds is 5. The van der Waals surface area contributed by atoms with Crippen LogP contribution in [0.1, 0.15) is 48.7 Å². The summed E-state index contributed by atoms with van der Waals surface area (Å²) in [4.78, 5) is 19.8. The molecule has 5 nitrogen and oxygen atoms in total. The van der Waals surface area contributed by atoms with Crippen molar-refractivity contribution in [2.75, 3.05) is 27.2 Å². The summed E-state index contributed by atoms with van der Waals surface area (Å²) in [6, 6.07) is 7.39. The van der Waals surface area contributed by atoms with E-state index in [9.17, 15) is 14.4 Å². The highest BCUT2D eigenvalue weighted by atomic mass is 19.1. The van der Waals surface area contributed by atoms with Gasteiger partial charge in [-0.3, -0.25) is 4.79 Å². The predicted octanol–water partition coefficient (Wildman–Crippen LogP) is 4.05. The van der Waals surface area contributed by atoms with Crippen molar-refractivity contribution in [2.24, 2.45) is 0 Å². The van der Waals surface area contributed by atoms with Gasteiger partial charge in [0.25, 0.3) is 0 Å². The number of halogens is 1. The fourth-order valence-electron chi connectivity index (χ4n) is 3.87. The van der Waals surface area contributed by atoms with Crippen molar-refractivity contribution in [3.8, 4) is 6.07 Å². The lowest BCUT2D eigenvalue weighted by molar-refractivity contribution is 0.103. The van der Waals surface area contributed by atoms with E-state index < -0.39 is 0 Å². The quantitative estimate of drug-likeness (QED) is 0.481. The van der Waals surface area contributed by atoms with E-state index in [2.05, 4.69) is 23.7 Å². The van der Waals surface area contributed by atoms with Gasteiger partial charge in [0.05, 0.1) is 5.69 Å². The predicted molar refractivity (Wildman–Crippen MR) is 109 cm³/mol. The number of benzene rings is 1. The number of H-pyrrole nitrogens is 1. The Bertz CT molecular complexity index is 943. The first kappa shape index (κ1) is 20.1. The molecule has 1 N–H and O–H groups in total. The Morgan fingerprint density at radius 1 is 1.32 bits per heavy atom. The molecule has 3 rings (SSSR count). The molecule has 6 heteroatoms. The maximum Gasteiger partial charge on any atom is 0.221 e. The summed E-state index contributed by atoms with van der Waals surface area (Å²) in [6.07, 6.45) is 3.34.